The molecule has 1 aliphatic rings. The fraction of sp³-hybridized carbons (Fsp3) is 0.478. The van der Waals surface area contributed by atoms with E-state index in [0.29, 0.717) is 25.2 Å². The number of alkyl carbamates (subject to hydrolysis) is 1. The molecule has 0 aliphatic carbocycles. The predicted octanol–water partition coefficient (Wildman–Crippen LogP) is 3.23. The zero-order chi connectivity index (χ0) is 22.7. The fourth-order valence-electron chi connectivity index (χ4n) is 3.93. The van der Waals surface area contributed by atoms with Crippen LogP contribution < -0.4 is 15.5 Å². The number of amides is 2. The summed E-state index contributed by atoms with van der Waals surface area (Å²) in [5.41, 5.74) is 1.65. The SMILES string of the molecule is CC(C)(C)OC(=O)NCCNC(=O)C1CCCN(c2ncnc3c2oc2ccccc23)C1. The number of carbonyl (C=O) groups excluding carboxylic acids is 2. The standard InChI is InChI=1S/C23H29N5O4/c1-23(2,3)32-22(30)25-11-10-24-21(29)15-7-6-12-28(13-15)20-19-18(26-14-27-20)16-8-4-5-9-17(16)31-19/h4-5,8-9,14-15H,6-7,10-13H2,1-3H3,(H,24,29)(H,25,30). The highest BCUT2D eigenvalue weighted by Gasteiger charge is 2.28. The molecular formula is C23H29N5O4. The third-order valence-corrected chi connectivity index (χ3v) is 5.32. The van der Waals surface area contributed by atoms with Crippen molar-refractivity contribution in [2.75, 3.05) is 31.1 Å². The number of hydrogen-bond donors (Lipinski definition) is 2. The molecule has 1 fully saturated rings. The highest BCUT2D eigenvalue weighted by molar-refractivity contribution is 6.05. The highest BCUT2D eigenvalue weighted by atomic mass is 16.6. The molecule has 0 saturated carbocycles. The first-order valence-corrected chi connectivity index (χ1v) is 10.9. The van der Waals surface area contributed by atoms with Crippen LogP contribution in [0.25, 0.3) is 22.1 Å². The number of ether oxygens (including phenoxy) is 1. The second-order valence-corrected chi connectivity index (χ2v) is 8.98. The molecule has 1 aliphatic heterocycles. The van der Waals surface area contributed by atoms with E-state index in [2.05, 4.69) is 25.5 Å². The van der Waals surface area contributed by atoms with E-state index in [1.54, 1.807) is 27.1 Å². The van der Waals surface area contributed by atoms with Crippen molar-refractivity contribution >= 4 is 39.9 Å². The van der Waals surface area contributed by atoms with Crippen molar-refractivity contribution < 1.29 is 18.7 Å². The number of carbonyl (C=O) groups is 2. The zero-order valence-electron chi connectivity index (χ0n) is 18.7. The molecule has 32 heavy (non-hydrogen) atoms. The molecule has 1 atom stereocenters. The van der Waals surface area contributed by atoms with Crippen molar-refractivity contribution in [1.82, 2.24) is 20.6 Å². The number of nitrogens with one attached hydrogen (secondary N) is 2. The number of rotatable bonds is 5. The van der Waals surface area contributed by atoms with Gasteiger partial charge in [0, 0.05) is 31.6 Å². The van der Waals surface area contributed by atoms with Gasteiger partial charge in [0.05, 0.1) is 5.92 Å². The normalized spacial score (nSPS) is 16.8. The Morgan fingerprint density at radius 2 is 1.97 bits per heavy atom. The number of aromatic nitrogens is 2. The van der Waals surface area contributed by atoms with Crippen LogP contribution in [-0.2, 0) is 9.53 Å². The van der Waals surface area contributed by atoms with Gasteiger partial charge in [-0.05, 0) is 45.7 Å². The molecule has 170 valence electrons. The maximum atomic E-state index is 12.7. The molecule has 2 aromatic heterocycles. The average molecular weight is 440 g/mol. The molecule has 2 N–H and O–H groups in total. The largest absolute Gasteiger partial charge is 0.450 e. The summed E-state index contributed by atoms with van der Waals surface area (Å²) in [7, 11) is 0. The van der Waals surface area contributed by atoms with E-state index >= 15 is 0 Å². The second kappa shape index (κ2) is 9.02. The van der Waals surface area contributed by atoms with Crippen molar-refractivity contribution in [2.45, 2.75) is 39.2 Å². The number of piperidine rings is 1. The van der Waals surface area contributed by atoms with Gasteiger partial charge in [-0.25, -0.2) is 14.8 Å². The van der Waals surface area contributed by atoms with Gasteiger partial charge in [-0.15, -0.1) is 0 Å². The van der Waals surface area contributed by atoms with Crippen LogP contribution in [0.15, 0.2) is 35.0 Å². The molecule has 1 saturated heterocycles. The molecular weight excluding hydrogens is 410 g/mol. The van der Waals surface area contributed by atoms with Crippen molar-refractivity contribution in [3.63, 3.8) is 0 Å². The van der Waals surface area contributed by atoms with Crippen molar-refractivity contribution in [1.29, 1.82) is 0 Å². The Morgan fingerprint density at radius 1 is 1.19 bits per heavy atom. The van der Waals surface area contributed by atoms with E-state index in [0.717, 1.165) is 41.7 Å². The summed E-state index contributed by atoms with van der Waals surface area (Å²) in [5, 5.41) is 6.51. The van der Waals surface area contributed by atoms with Gasteiger partial charge in [-0.1, -0.05) is 12.1 Å². The molecule has 4 rings (SSSR count). The summed E-state index contributed by atoms with van der Waals surface area (Å²) >= 11 is 0. The molecule has 0 radical (unpaired) electrons. The molecule has 1 aromatic carbocycles. The van der Waals surface area contributed by atoms with Gasteiger partial charge < -0.3 is 24.7 Å². The van der Waals surface area contributed by atoms with Gasteiger partial charge in [0.15, 0.2) is 11.4 Å². The Balaban J connectivity index is 1.36. The van der Waals surface area contributed by atoms with Crippen LogP contribution in [-0.4, -0.2) is 53.7 Å². The minimum Gasteiger partial charge on any atom is -0.450 e. The third-order valence-electron chi connectivity index (χ3n) is 5.32. The Labute approximate surface area is 186 Å². The van der Waals surface area contributed by atoms with Crippen LogP contribution in [0.2, 0.25) is 0 Å². The molecule has 9 heteroatoms. The molecule has 1 unspecified atom stereocenters. The number of fused-ring (bicyclic) bond motifs is 3. The number of hydrogen-bond acceptors (Lipinski definition) is 7. The molecule has 0 spiro atoms. The maximum Gasteiger partial charge on any atom is 0.407 e. The van der Waals surface area contributed by atoms with E-state index < -0.39 is 11.7 Å². The van der Waals surface area contributed by atoms with Gasteiger partial charge in [-0.3, -0.25) is 4.79 Å². The topological polar surface area (TPSA) is 110 Å². The highest BCUT2D eigenvalue weighted by Crippen LogP contribution is 2.33. The Hall–Kier alpha value is -3.36. The molecule has 2 amide bonds. The van der Waals surface area contributed by atoms with E-state index in [-0.39, 0.29) is 11.8 Å². The number of nitrogens with zero attached hydrogens (tertiary/aromatic N) is 3. The van der Waals surface area contributed by atoms with Gasteiger partial charge in [0.25, 0.3) is 0 Å². The second-order valence-electron chi connectivity index (χ2n) is 8.98. The van der Waals surface area contributed by atoms with Crippen molar-refractivity contribution in [3.05, 3.63) is 30.6 Å². The predicted molar refractivity (Wildman–Crippen MR) is 121 cm³/mol. The summed E-state index contributed by atoms with van der Waals surface area (Å²) in [6.45, 7) is 7.42. The maximum absolute atomic E-state index is 12.7. The molecule has 3 aromatic rings. The van der Waals surface area contributed by atoms with Gasteiger partial charge in [0.2, 0.25) is 5.91 Å². The van der Waals surface area contributed by atoms with E-state index in [9.17, 15) is 9.59 Å². The van der Waals surface area contributed by atoms with Gasteiger partial charge in [0.1, 0.15) is 23.0 Å². The lowest BCUT2D eigenvalue weighted by atomic mass is 9.97. The first-order valence-electron chi connectivity index (χ1n) is 10.9. The van der Waals surface area contributed by atoms with Crippen LogP contribution in [0, 0.1) is 5.92 Å². The smallest absolute Gasteiger partial charge is 0.407 e. The first-order chi connectivity index (χ1) is 15.3. The summed E-state index contributed by atoms with van der Waals surface area (Å²) in [6, 6.07) is 7.78. The van der Waals surface area contributed by atoms with Crippen LogP contribution in [0.3, 0.4) is 0 Å². The fourth-order valence-corrected chi connectivity index (χ4v) is 3.93. The number of furan rings is 1. The molecule has 9 nitrogen and oxygen atoms in total. The summed E-state index contributed by atoms with van der Waals surface area (Å²) in [5.74, 6) is 0.519. The van der Waals surface area contributed by atoms with Crippen LogP contribution in [0.4, 0.5) is 10.6 Å². The summed E-state index contributed by atoms with van der Waals surface area (Å²) in [4.78, 5) is 35.4. The Bertz CT molecular complexity index is 1120. The zero-order valence-corrected chi connectivity index (χ0v) is 18.7. The monoisotopic (exact) mass is 439 g/mol. The number of para-hydroxylation sites is 1. The van der Waals surface area contributed by atoms with Crippen molar-refractivity contribution in [2.24, 2.45) is 5.92 Å². The Morgan fingerprint density at radius 3 is 2.78 bits per heavy atom. The van der Waals surface area contributed by atoms with Gasteiger partial charge >= 0.3 is 6.09 Å². The quantitative estimate of drug-likeness (QED) is 0.587. The lowest BCUT2D eigenvalue weighted by Gasteiger charge is -2.32. The van der Waals surface area contributed by atoms with Gasteiger partial charge in [-0.2, -0.15) is 0 Å². The average Bonchev–Trinajstić information content (AvgIpc) is 3.14. The molecule has 3 heterocycles. The van der Waals surface area contributed by atoms with Crippen LogP contribution in [0.5, 0.6) is 0 Å². The van der Waals surface area contributed by atoms with E-state index in [1.807, 2.05) is 24.3 Å². The van der Waals surface area contributed by atoms with Crippen molar-refractivity contribution in [3.8, 4) is 0 Å². The number of benzene rings is 1. The lowest BCUT2D eigenvalue weighted by Crippen LogP contribution is -2.45. The van der Waals surface area contributed by atoms with Crippen LogP contribution >= 0.6 is 0 Å². The first kappa shape index (κ1) is 21.9. The van der Waals surface area contributed by atoms with Crippen LogP contribution in [0.1, 0.15) is 33.6 Å². The molecule has 0 bridgehead atoms. The Kier molecular flexibility index (Phi) is 6.16. The minimum absolute atomic E-state index is 0.0319. The summed E-state index contributed by atoms with van der Waals surface area (Å²) in [6.07, 6.45) is 2.73. The number of anilines is 1. The van der Waals surface area contributed by atoms with E-state index in [1.165, 1.54) is 0 Å². The summed E-state index contributed by atoms with van der Waals surface area (Å²) < 4.78 is 11.2. The minimum atomic E-state index is -0.550. The third kappa shape index (κ3) is 4.92. The van der Waals surface area contributed by atoms with E-state index in [4.69, 9.17) is 9.15 Å². The lowest BCUT2D eigenvalue weighted by molar-refractivity contribution is -0.125.